The Bertz CT molecular complexity index is 1120. The van der Waals surface area contributed by atoms with E-state index in [9.17, 15) is 9.59 Å². The second-order valence-corrected chi connectivity index (χ2v) is 11.0. The minimum atomic E-state index is -0.542. The summed E-state index contributed by atoms with van der Waals surface area (Å²) in [4.78, 5) is 32.5. The zero-order valence-electron chi connectivity index (χ0n) is 17.7. The number of imidazole rings is 1. The molecule has 1 fully saturated rings. The van der Waals surface area contributed by atoms with Gasteiger partial charge in [-0.3, -0.25) is 10.1 Å². The first-order valence-corrected chi connectivity index (χ1v) is 11.8. The first-order valence-electron chi connectivity index (χ1n) is 10.2. The zero-order valence-corrected chi connectivity index (χ0v) is 20.1. The maximum atomic E-state index is 12.8. The van der Waals surface area contributed by atoms with E-state index in [0.29, 0.717) is 23.9 Å². The molecule has 1 saturated heterocycles. The molecule has 1 aliphatic heterocycles. The molecule has 3 aromatic rings. The lowest BCUT2D eigenvalue weighted by Gasteiger charge is -2.29. The number of nitrogens with one attached hydrogen (secondary N) is 1. The molecule has 164 valence electrons. The molecular weight excluding hydrogens is 480 g/mol. The molecule has 0 radical (unpaired) electrons. The van der Waals surface area contributed by atoms with Gasteiger partial charge in [0, 0.05) is 13.1 Å². The van der Waals surface area contributed by atoms with Crippen LogP contribution in [0.15, 0.2) is 40.2 Å². The third kappa shape index (κ3) is 4.93. The molecule has 9 heteroatoms. The summed E-state index contributed by atoms with van der Waals surface area (Å²) >= 11 is 4.76. The van der Waals surface area contributed by atoms with E-state index in [1.807, 2.05) is 55.7 Å². The van der Waals surface area contributed by atoms with Crippen molar-refractivity contribution in [3.05, 3.63) is 45.1 Å². The highest BCUT2D eigenvalue weighted by Gasteiger charge is 2.33. The lowest BCUT2D eigenvalue weighted by molar-refractivity contribution is 0.0215. The monoisotopic (exact) mass is 504 g/mol. The molecule has 3 heterocycles. The number of hydrogen-bond donors (Lipinski definition) is 1. The summed E-state index contributed by atoms with van der Waals surface area (Å²) in [5.74, 6) is 0.273. The first-order chi connectivity index (χ1) is 14.7. The van der Waals surface area contributed by atoms with Gasteiger partial charge >= 0.3 is 6.09 Å². The van der Waals surface area contributed by atoms with E-state index in [1.165, 1.54) is 11.3 Å². The highest BCUT2D eigenvalue weighted by atomic mass is 79.9. The van der Waals surface area contributed by atoms with Gasteiger partial charge in [-0.1, -0.05) is 12.1 Å². The number of amides is 2. The van der Waals surface area contributed by atoms with Crippen LogP contribution in [0.4, 0.5) is 10.7 Å². The van der Waals surface area contributed by atoms with Crippen LogP contribution in [0.1, 0.15) is 43.3 Å². The van der Waals surface area contributed by atoms with Crippen molar-refractivity contribution in [3.63, 3.8) is 0 Å². The second kappa shape index (κ2) is 8.63. The van der Waals surface area contributed by atoms with Gasteiger partial charge in [-0.2, -0.15) is 0 Å². The molecular formula is C22H25BrN4O3S. The number of anilines is 1. The fraction of sp³-hybridized carbons (Fsp3) is 0.409. The fourth-order valence-corrected chi connectivity index (χ4v) is 5.03. The normalized spacial score (nSPS) is 16.6. The number of carbonyl (C=O) groups excluding carboxylic acids is 2. The van der Waals surface area contributed by atoms with Crippen LogP contribution in [0.3, 0.4) is 0 Å². The number of fused-ring (bicyclic) bond motifs is 1. The van der Waals surface area contributed by atoms with Crippen LogP contribution in [-0.2, 0) is 11.3 Å². The summed E-state index contributed by atoms with van der Waals surface area (Å²) in [5, 5.41) is 2.95. The third-order valence-corrected chi connectivity index (χ3v) is 6.70. The van der Waals surface area contributed by atoms with E-state index >= 15 is 0 Å². The summed E-state index contributed by atoms with van der Waals surface area (Å²) in [6.07, 6.45) is 1.49. The van der Waals surface area contributed by atoms with Crippen molar-refractivity contribution in [2.45, 2.75) is 51.8 Å². The van der Waals surface area contributed by atoms with E-state index in [4.69, 9.17) is 4.74 Å². The molecule has 1 atom stereocenters. The number of likely N-dealkylation sites (tertiary alicyclic amines) is 1. The van der Waals surface area contributed by atoms with Crippen molar-refractivity contribution in [2.75, 3.05) is 11.9 Å². The van der Waals surface area contributed by atoms with E-state index in [-0.39, 0.29) is 18.0 Å². The highest BCUT2D eigenvalue weighted by Crippen LogP contribution is 2.28. The quantitative estimate of drug-likeness (QED) is 0.507. The van der Waals surface area contributed by atoms with Gasteiger partial charge in [0.05, 0.1) is 25.7 Å². The minimum Gasteiger partial charge on any atom is -0.444 e. The summed E-state index contributed by atoms with van der Waals surface area (Å²) in [6.45, 7) is 6.81. The van der Waals surface area contributed by atoms with Crippen LogP contribution in [0, 0.1) is 0 Å². The highest BCUT2D eigenvalue weighted by molar-refractivity contribution is 9.11. The molecule has 0 saturated carbocycles. The molecule has 7 nitrogen and oxygen atoms in total. The zero-order chi connectivity index (χ0) is 22.2. The summed E-state index contributed by atoms with van der Waals surface area (Å²) in [5.41, 5.74) is 1.17. The number of nitrogens with zero attached hydrogens (tertiary/aromatic N) is 3. The topological polar surface area (TPSA) is 76.5 Å². The van der Waals surface area contributed by atoms with Crippen molar-refractivity contribution in [3.8, 4) is 0 Å². The van der Waals surface area contributed by atoms with Crippen molar-refractivity contribution in [1.82, 2.24) is 14.5 Å². The molecule has 2 amide bonds. The minimum absolute atomic E-state index is 0.0287. The number of para-hydroxylation sites is 2. The first kappa shape index (κ1) is 21.8. The third-order valence-electron chi connectivity index (χ3n) is 5.08. The molecule has 31 heavy (non-hydrogen) atoms. The fourth-order valence-electron chi connectivity index (χ4n) is 3.75. The Kier molecular flexibility index (Phi) is 6.07. The number of hydrogen-bond acceptors (Lipinski definition) is 5. The molecule has 0 spiro atoms. The van der Waals surface area contributed by atoms with E-state index in [1.54, 1.807) is 11.0 Å². The molecule has 4 rings (SSSR count). The number of ether oxygens (including phenoxy) is 1. The number of halogens is 1. The molecule has 0 unspecified atom stereocenters. The Hall–Kier alpha value is -2.39. The summed E-state index contributed by atoms with van der Waals surface area (Å²) in [7, 11) is 0. The van der Waals surface area contributed by atoms with Crippen LogP contribution in [0.2, 0.25) is 0 Å². The smallest absolute Gasteiger partial charge is 0.410 e. The number of benzene rings is 1. The maximum Gasteiger partial charge on any atom is 0.410 e. The van der Waals surface area contributed by atoms with Crippen LogP contribution in [0.5, 0.6) is 0 Å². The van der Waals surface area contributed by atoms with E-state index in [0.717, 1.165) is 27.7 Å². The van der Waals surface area contributed by atoms with Crippen LogP contribution in [0.25, 0.3) is 11.0 Å². The molecule has 1 N–H and O–H groups in total. The molecule has 2 aromatic heterocycles. The Balaban J connectivity index is 1.61. The average molecular weight is 505 g/mol. The summed E-state index contributed by atoms with van der Waals surface area (Å²) < 4.78 is 8.49. The molecule has 1 aromatic carbocycles. The van der Waals surface area contributed by atoms with Crippen molar-refractivity contribution >= 4 is 56.2 Å². The van der Waals surface area contributed by atoms with Gasteiger partial charge in [-0.05, 0) is 73.8 Å². The van der Waals surface area contributed by atoms with Gasteiger partial charge in [0.1, 0.15) is 5.60 Å². The van der Waals surface area contributed by atoms with Gasteiger partial charge in [0.25, 0.3) is 5.91 Å². The average Bonchev–Trinajstić information content (AvgIpc) is 3.40. The second-order valence-electron chi connectivity index (χ2n) is 8.56. The van der Waals surface area contributed by atoms with E-state index in [2.05, 4.69) is 26.2 Å². The van der Waals surface area contributed by atoms with E-state index < -0.39 is 5.60 Å². The van der Waals surface area contributed by atoms with Gasteiger partial charge in [0.15, 0.2) is 0 Å². The Morgan fingerprint density at radius 2 is 2.03 bits per heavy atom. The van der Waals surface area contributed by atoms with Crippen molar-refractivity contribution in [1.29, 1.82) is 0 Å². The standard InChI is InChI=1S/C22H25BrN4O3S/c1-22(2,3)30-21(29)26-12-6-7-14(26)13-27-16-9-5-4-8-15(16)24-20(27)25-19(28)17-10-11-18(23)31-17/h4-5,8-11,14H,6-7,12-13H2,1-3H3,(H,24,25,28)/t14-/m0/s1. The molecule has 0 bridgehead atoms. The molecule has 0 aliphatic carbocycles. The molecule has 1 aliphatic rings. The maximum absolute atomic E-state index is 12.8. The summed E-state index contributed by atoms with van der Waals surface area (Å²) in [6, 6.07) is 11.4. The predicted molar refractivity (Wildman–Crippen MR) is 126 cm³/mol. The van der Waals surface area contributed by atoms with Gasteiger partial charge in [-0.15, -0.1) is 11.3 Å². The number of aromatic nitrogens is 2. The van der Waals surface area contributed by atoms with Crippen molar-refractivity contribution < 1.29 is 14.3 Å². The Morgan fingerprint density at radius 1 is 1.26 bits per heavy atom. The number of rotatable bonds is 4. The Labute approximate surface area is 193 Å². The van der Waals surface area contributed by atoms with Gasteiger partial charge < -0.3 is 14.2 Å². The number of thiophene rings is 1. The van der Waals surface area contributed by atoms with Crippen LogP contribution >= 0.6 is 27.3 Å². The largest absolute Gasteiger partial charge is 0.444 e. The lowest BCUT2D eigenvalue weighted by Crippen LogP contribution is -2.41. The SMILES string of the molecule is CC(C)(C)OC(=O)N1CCC[C@H]1Cn1c(NC(=O)c2ccc(Br)s2)nc2ccccc21. The van der Waals surface area contributed by atoms with Gasteiger partial charge in [-0.25, -0.2) is 9.78 Å². The van der Waals surface area contributed by atoms with Crippen molar-refractivity contribution in [2.24, 2.45) is 0 Å². The predicted octanol–water partition coefficient (Wildman–Crippen LogP) is 5.51. The Morgan fingerprint density at radius 3 is 2.74 bits per heavy atom. The van der Waals surface area contributed by atoms with Gasteiger partial charge in [0.2, 0.25) is 5.95 Å². The van der Waals surface area contributed by atoms with Crippen LogP contribution < -0.4 is 5.32 Å². The lowest BCUT2D eigenvalue weighted by atomic mass is 10.2. The number of carbonyl (C=O) groups is 2. The van der Waals surface area contributed by atoms with Crippen LogP contribution in [-0.4, -0.2) is 44.6 Å².